The minimum absolute atomic E-state index is 0.00684. The number of alkyl halides is 3. The van der Waals surface area contributed by atoms with Crippen LogP contribution in [0.3, 0.4) is 0 Å². The van der Waals surface area contributed by atoms with Crippen LogP contribution in [0.1, 0.15) is 23.7 Å². The molecule has 0 N–H and O–H groups in total. The number of rotatable bonds is 7. The number of para-hydroxylation sites is 1. The van der Waals surface area contributed by atoms with Gasteiger partial charge in [-0.15, -0.1) is 11.3 Å². The van der Waals surface area contributed by atoms with E-state index in [0.717, 1.165) is 34.4 Å². The first-order valence-corrected chi connectivity index (χ1v) is 10.4. The number of hydrogen-bond donors (Lipinski definition) is 0. The molecular formula is C22H16F3N3O5S. The Labute approximate surface area is 195 Å². The topological polar surface area (TPSA) is 103 Å². The number of hydrogen-bond acceptors (Lipinski definition) is 7. The van der Waals surface area contributed by atoms with Gasteiger partial charge in [0.15, 0.2) is 5.13 Å². The summed E-state index contributed by atoms with van der Waals surface area (Å²) in [4.78, 5) is 39.8. The van der Waals surface area contributed by atoms with Gasteiger partial charge in [0.05, 0.1) is 27.4 Å². The van der Waals surface area contributed by atoms with Gasteiger partial charge in [0.2, 0.25) is 5.91 Å². The van der Waals surface area contributed by atoms with Gasteiger partial charge in [-0.25, -0.2) is 9.78 Å². The zero-order valence-corrected chi connectivity index (χ0v) is 18.3. The molecule has 0 radical (unpaired) electrons. The molecule has 8 nitrogen and oxygen atoms in total. The first-order valence-electron chi connectivity index (χ1n) is 9.57. The van der Waals surface area contributed by atoms with Gasteiger partial charge in [-0.2, -0.15) is 13.2 Å². The second-order valence-electron chi connectivity index (χ2n) is 6.78. The number of nitrogens with zero attached hydrogens (tertiary/aromatic N) is 3. The lowest BCUT2D eigenvalue weighted by Crippen LogP contribution is -2.23. The molecule has 1 amide bonds. The number of amides is 1. The van der Waals surface area contributed by atoms with Crippen LogP contribution >= 0.6 is 11.3 Å². The van der Waals surface area contributed by atoms with Gasteiger partial charge in [-0.3, -0.25) is 19.8 Å². The van der Waals surface area contributed by atoms with Crippen LogP contribution in [0.2, 0.25) is 0 Å². The average Bonchev–Trinajstić information content (AvgIpc) is 3.24. The van der Waals surface area contributed by atoms with Crippen molar-refractivity contribution in [3.63, 3.8) is 0 Å². The summed E-state index contributed by atoms with van der Waals surface area (Å²) in [5, 5.41) is 12.6. The van der Waals surface area contributed by atoms with E-state index in [0.29, 0.717) is 0 Å². The molecule has 0 aliphatic heterocycles. The van der Waals surface area contributed by atoms with E-state index in [-0.39, 0.29) is 34.4 Å². The predicted octanol–water partition coefficient (Wildman–Crippen LogP) is 5.51. The van der Waals surface area contributed by atoms with Crippen LogP contribution in [0, 0.1) is 10.1 Å². The molecule has 34 heavy (non-hydrogen) atoms. The van der Waals surface area contributed by atoms with Gasteiger partial charge < -0.3 is 4.74 Å². The van der Waals surface area contributed by atoms with E-state index in [4.69, 9.17) is 4.74 Å². The van der Waals surface area contributed by atoms with Crippen LogP contribution in [-0.4, -0.2) is 21.8 Å². The highest BCUT2D eigenvalue weighted by Gasteiger charge is 2.31. The quantitative estimate of drug-likeness (QED) is 0.187. The Morgan fingerprint density at radius 3 is 2.62 bits per heavy atom. The van der Waals surface area contributed by atoms with Gasteiger partial charge >= 0.3 is 12.1 Å². The normalized spacial score (nSPS) is 11.4. The van der Waals surface area contributed by atoms with Gasteiger partial charge in [0.1, 0.15) is 6.61 Å². The van der Waals surface area contributed by atoms with Gasteiger partial charge in [0, 0.05) is 24.4 Å². The Kier molecular flexibility index (Phi) is 7.41. The van der Waals surface area contributed by atoms with E-state index in [2.05, 4.69) is 4.98 Å². The third-order valence-corrected chi connectivity index (χ3v) is 5.25. The molecule has 0 bridgehead atoms. The smallest absolute Gasteiger partial charge is 0.416 e. The van der Waals surface area contributed by atoms with E-state index >= 15 is 0 Å². The van der Waals surface area contributed by atoms with Crippen LogP contribution in [0.4, 0.5) is 29.7 Å². The Morgan fingerprint density at radius 1 is 1.21 bits per heavy atom. The SMILES string of the molecule is CC(=O)N(c1cccc(C(F)(F)F)c1)c1nc(COC(=O)/C=C/c2ccccc2[N+](=O)[O-])cs1. The van der Waals surface area contributed by atoms with Crippen molar-refractivity contribution >= 4 is 45.8 Å². The molecular weight excluding hydrogens is 475 g/mol. The molecule has 0 spiro atoms. The third kappa shape index (κ3) is 6.04. The van der Waals surface area contributed by atoms with Crippen molar-refractivity contribution in [2.45, 2.75) is 19.7 Å². The molecule has 1 aromatic heterocycles. The number of halogens is 3. The molecule has 12 heteroatoms. The molecule has 2 aromatic carbocycles. The molecule has 0 aliphatic rings. The summed E-state index contributed by atoms with van der Waals surface area (Å²) in [6.45, 7) is 0.916. The second kappa shape index (κ2) is 10.3. The molecule has 176 valence electrons. The molecule has 0 fully saturated rings. The van der Waals surface area contributed by atoms with Crippen molar-refractivity contribution in [1.82, 2.24) is 4.98 Å². The molecule has 0 saturated heterocycles. The maximum atomic E-state index is 13.0. The number of esters is 1. The van der Waals surface area contributed by atoms with Crippen molar-refractivity contribution < 1.29 is 32.4 Å². The van der Waals surface area contributed by atoms with Crippen molar-refractivity contribution in [3.05, 3.63) is 86.9 Å². The average molecular weight is 491 g/mol. The van der Waals surface area contributed by atoms with Crippen LogP contribution in [0.5, 0.6) is 0 Å². The Balaban J connectivity index is 1.70. The standard InChI is InChI=1S/C22H16F3N3O5S/c1-14(29)27(18-7-4-6-16(11-18)22(23,24)25)21-26-17(13-34-21)12-33-20(30)10-9-15-5-2-3-8-19(15)28(31)32/h2-11,13H,12H2,1H3/b10-9+. The Morgan fingerprint density at radius 2 is 1.94 bits per heavy atom. The monoisotopic (exact) mass is 491 g/mol. The summed E-state index contributed by atoms with van der Waals surface area (Å²) in [6.07, 6.45) is -2.30. The second-order valence-corrected chi connectivity index (χ2v) is 7.62. The van der Waals surface area contributed by atoms with Crippen molar-refractivity contribution in [1.29, 1.82) is 0 Å². The van der Waals surface area contributed by atoms with E-state index in [9.17, 15) is 32.9 Å². The van der Waals surface area contributed by atoms with E-state index in [1.165, 1.54) is 48.7 Å². The predicted molar refractivity (Wildman–Crippen MR) is 118 cm³/mol. The fraction of sp³-hybridized carbons (Fsp3) is 0.136. The molecule has 0 aliphatic carbocycles. The first-order chi connectivity index (χ1) is 16.1. The summed E-state index contributed by atoms with van der Waals surface area (Å²) >= 11 is 0.990. The number of nitro groups is 1. The van der Waals surface area contributed by atoms with Crippen molar-refractivity contribution in [2.24, 2.45) is 0 Å². The summed E-state index contributed by atoms with van der Waals surface area (Å²) in [6, 6.07) is 10.1. The van der Waals surface area contributed by atoms with Crippen LogP contribution in [0.25, 0.3) is 6.08 Å². The van der Waals surface area contributed by atoms with E-state index in [1.54, 1.807) is 6.07 Å². The number of nitro benzene ring substituents is 1. The largest absolute Gasteiger partial charge is 0.456 e. The fourth-order valence-electron chi connectivity index (χ4n) is 2.86. The maximum Gasteiger partial charge on any atom is 0.416 e. The van der Waals surface area contributed by atoms with E-state index < -0.39 is 28.5 Å². The maximum absolute atomic E-state index is 13.0. The van der Waals surface area contributed by atoms with Crippen LogP contribution < -0.4 is 4.90 Å². The highest BCUT2D eigenvalue weighted by atomic mass is 32.1. The molecule has 0 saturated carbocycles. The Bertz CT molecular complexity index is 1260. The first kappa shape index (κ1) is 24.6. The lowest BCUT2D eigenvalue weighted by Gasteiger charge is -2.19. The van der Waals surface area contributed by atoms with Crippen LogP contribution in [-0.2, 0) is 27.1 Å². The summed E-state index contributed by atoms with van der Waals surface area (Å²) in [5.74, 6) is -1.33. The van der Waals surface area contributed by atoms with Gasteiger partial charge in [-0.05, 0) is 30.3 Å². The highest BCUT2D eigenvalue weighted by Crippen LogP contribution is 2.35. The fourth-order valence-corrected chi connectivity index (χ4v) is 3.73. The molecule has 3 aromatic rings. The Hall–Kier alpha value is -4.06. The van der Waals surface area contributed by atoms with Gasteiger partial charge in [0.25, 0.3) is 5.69 Å². The minimum Gasteiger partial charge on any atom is -0.456 e. The summed E-state index contributed by atoms with van der Waals surface area (Å²) in [5.41, 5.74) is -0.598. The zero-order valence-electron chi connectivity index (χ0n) is 17.5. The van der Waals surface area contributed by atoms with Crippen LogP contribution in [0.15, 0.2) is 60.0 Å². The lowest BCUT2D eigenvalue weighted by molar-refractivity contribution is -0.385. The van der Waals surface area contributed by atoms with Gasteiger partial charge in [-0.1, -0.05) is 18.2 Å². The number of ether oxygens (including phenoxy) is 1. The highest BCUT2D eigenvalue weighted by molar-refractivity contribution is 7.14. The van der Waals surface area contributed by atoms with Crippen molar-refractivity contribution in [3.8, 4) is 0 Å². The van der Waals surface area contributed by atoms with Crippen molar-refractivity contribution in [2.75, 3.05) is 4.90 Å². The number of anilines is 2. The van der Waals surface area contributed by atoms with E-state index in [1.807, 2.05) is 0 Å². The molecule has 0 atom stereocenters. The minimum atomic E-state index is -4.57. The third-order valence-electron chi connectivity index (χ3n) is 4.37. The molecule has 1 heterocycles. The number of carbonyl (C=O) groups is 2. The number of aromatic nitrogens is 1. The molecule has 0 unspecified atom stereocenters. The summed E-state index contributed by atoms with van der Waals surface area (Å²) in [7, 11) is 0. The number of carbonyl (C=O) groups excluding carboxylic acids is 2. The lowest BCUT2D eigenvalue weighted by atomic mass is 10.1. The molecule has 3 rings (SSSR count). The number of thiazole rings is 1. The zero-order chi connectivity index (χ0) is 24.9. The summed E-state index contributed by atoms with van der Waals surface area (Å²) < 4.78 is 44.2. The number of benzene rings is 2.